The minimum absolute atomic E-state index is 1.02. The van der Waals surface area contributed by atoms with Crippen molar-refractivity contribution in [3.8, 4) is 0 Å². The van der Waals surface area contributed by atoms with Gasteiger partial charge in [-0.25, -0.2) is 0 Å². The fourth-order valence-electron chi connectivity index (χ4n) is 1.79. The van der Waals surface area contributed by atoms with Gasteiger partial charge >= 0.3 is 0 Å². The number of hydrogen-bond acceptors (Lipinski definition) is 1. The van der Waals surface area contributed by atoms with Crippen LogP contribution in [0.25, 0.3) is 0 Å². The smallest absolute Gasteiger partial charge is 0.0232 e. The maximum Gasteiger partial charge on any atom is 0.0232 e. The summed E-state index contributed by atoms with van der Waals surface area (Å²) in [5.74, 6) is 1.04. The first-order valence-electron chi connectivity index (χ1n) is 6.26. The van der Waals surface area contributed by atoms with Gasteiger partial charge in [-0.1, -0.05) is 60.7 Å². The molecule has 0 nitrogen and oxygen atoms in total. The zero-order valence-corrected chi connectivity index (χ0v) is 11.5. The summed E-state index contributed by atoms with van der Waals surface area (Å²) in [7, 11) is 0. The molecule has 0 heterocycles. The normalized spacial score (nSPS) is 10.9. The molecule has 2 aromatic rings. The maximum atomic E-state index is 2.22. The predicted octanol–water partition coefficient (Wildman–Crippen LogP) is 5.10. The van der Waals surface area contributed by atoms with Crippen molar-refractivity contribution >= 4 is 11.8 Å². The van der Waals surface area contributed by atoms with Crippen LogP contribution in [0.3, 0.4) is 0 Å². The van der Waals surface area contributed by atoms with Crippen molar-refractivity contribution in [2.45, 2.75) is 24.0 Å². The van der Waals surface area contributed by atoms with Crippen molar-refractivity contribution in [1.82, 2.24) is 0 Å². The molecule has 0 fully saturated rings. The van der Waals surface area contributed by atoms with E-state index in [9.17, 15) is 0 Å². The highest BCUT2D eigenvalue weighted by Gasteiger charge is 2.01. The minimum atomic E-state index is 1.02. The Morgan fingerprint density at radius 3 is 2.44 bits per heavy atom. The summed E-state index contributed by atoms with van der Waals surface area (Å²) < 4.78 is 0. The van der Waals surface area contributed by atoms with Crippen LogP contribution in [0.1, 0.15) is 18.1 Å². The number of hydrogen-bond donors (Lipinski definition) is 0. The summed E-state index contributed by atoms with van der Waals surface area (Å²) in [6, 6.07) is 19.3. The molecular weight excluding hydrogens is 236 g/mol. The highest BCUT2D eigenvalue weighted by molar-refractivity contribution is 7.98. The number of rotatable bonds is 5. The van der Waals surface area contributed by atoms with Crippen molar-refractivity contribution in [1.29, 1.82) is 0 Å². The van der Waals surface area contributed by atoms with E-state index >= 15 is 0 Å². The number of allylic oxidation sites excluding steroid dienone is 2. The molecular formula is C17H18S. The van der Waals surface area contributed by atoms with Crippen molar-refractivity contribution in [3.05, 3.63) is 77.9 Å². The van der Waals surface area contributed by atoms with E-state index in [-0.39, 0.29) is 0 Å². The molecule has 0 N–H and O–H groups in total. The van der Waals surface area contributed by atoms with Gasteiger partial charge in [-0.15, -0.1) is 11.8 Å². The lowest BCUT2D eigenvalue weighted by molar-refractivity contribution is 1.17. The van der Waals surface area contributed by atoms with E-state index < -0.39 is 0 Å². The Morgan fingerprint density at radius 1 is 0.944 bits per heavy atom. The second-order valence-electron chi connectivity index (χ2n) is 4.16. The van der Waals surface area contributed by atoms with Crippen LogP contribution in [0.5, 0.6) is 0 Å². The Balaban J connectivity index is 2.04. The lowest BCUT2D eigenvalue weighted by Crippen LogP contribution is -1.86. The van der Waals surface area contributed by atoms with Gasteiger partial charge in [0.15, 0.2) is 0 Å². The van der Waals surface area contributed by atoms with Crippen LogP contribution in [0.15, 0.2) is 71.6 Å². The summed E-state index contributed by atoms with van der Waals surface area (Å²) in [6.45, 7) is 2.07. The monoisotopic (exact) mass is 254 g/mol. The highest BCUT2D eigenvalue weighted by atomic mass is 32.2. The molecule has 2 aromatic carbocycles. The molecule has 0 radical (unpaired) electrons. The van der Waals surface area contributed by atoms with Crippen LogP contribution in [-0.4, -0.2) is 0 Å². The van der Waals surface area contributed by atoms with E-state index in [1.807, 2.05) is 11.8 Å². The number of benzene rings is 2. The van der Waals surface area contributed by atoms with Gasteiger partial charge in [0.25, 0.3) is 0 Å². The third kappa shape index (κ3) is 3.78. The third-order valence-electron chi connectivity index (χ3n) is 2.78. The van der Waals surface area contributed by atoms with Crippen LogP contribution >= 0.6 is 11.8 Å². The van der Waals surface area contributed by atoms with Crippen molar-refractivity contribution in [2.24, 2.45) is 0 Å². The first-order chi connectivity index (χ1) is 8.90. The van der Waals surface area contributed by atoms with Gasteiger partial charge in [-0.05, 0) is 30.5 Å². The van der Waals surface area contributed by atoms with Crippen LogP contribution in [-0.2, 0) is 12.2 Å². The van der Waals surface area contributed by atoms with Crippen molar-refractivity contribution < 1.29 is 0 Å². The zero-order chi connectivity index (χ0) is 12.6. The Morgan fingerprint density at radius 2 is 1.67 bits per heavy atom. The largest absolute Gasteiger partial charge is 0.121 e. The average molecular weight is 254 g/mol. The zero-order valence-electron chi connectivity index (χ0n) is 10.7. The summed E-state index contributed by atoms with van der Waals surface area (Å²) in [4.78, 5) is 1.39. The van der Waals surface area contributed by atoms with E-state index in [1.165, 1.54) is 16.0 Å². The second kappa shape index (κ2) is 7.07. The topological polar surface area (TPSA) is 0 Å². The molecule has 92 valence electrons. The summed E-state index contributed by atoms with van der Waals surface area (Å²) in [5, 5.41) is 0. The molecule has 0 spiro atoms. The second-order valence-corrected chi connectivity index (χ2v) is 5.17. The quantitative estimate of drug-likeness (QED) is 0.528. The molecule has 0 aliphatic heterocycles. The van der Waals surface area contributed by atoms with Crippen LogP contribution in [0.2, 0.25) is 0 Å². The number of thioether (sulfide) groups is 1. The highest BCUT2D eigenvalue weighted by Crippen LogP contribution is 2.26. The molecule has 0 aliphatic rings. The summed E-state index contributed by atoms with van der Waals surface area (Å²) in [6.07, 6.45) is 5.34. The summed E-state index contributed by atoms with van der Waals surface area (Å²) in [5.41, 5.74) is 2.79. The lowest BCUT2D eigenvalue weighted by atomic mass is 10.1. The van der Waals surface area contributed by atoms with Gasteiger partial charge in [0, 0.05) is 10.6 Å². The van der Waals surface area contributed by atoms with E-state index in [1.54, 1.807) is 0 Å². The molecule has 0 aliphatic carbocycles. The fraction of sp³-hybridized carbons (Fsp3) is 0.176. The molecule has 2 rings (SSSR count). The molecule has 1 heteroatoms. The molecule has 0 amide bonds. The van der Waals surface area contributed by atoms with Gasteiger partial charge in [-0.3, -0.25) is 0 Å². The first kappa shape index (κ1) is 13.0. The standard InChI is InChI=1S/C17H18S/c1-2-3-11-16-12-7-8-13-17(16)18-14-15-9-5-4-6-10-15/h2-10,12-13H,11,14H2,1H3/b3-2+. The molecule has 0 atom stereocenters. The Kier molecular flexibility index (Phi) is 5.10. The van der Waals surface area contributed by atoms with E-state index in [0.29, 0.717) is 0 Å². The van der Waals surface area contributed by atoms with Gasteiger partial charge in [0.05, 0.1) is 0 Å². The van der Waals surface area contributed by atoms with Gasteiger partial charge in [0.1, 0.15) is 0 Å². The van der Waals surface area contributed by atoms with Crippen LogP contribution < -0.4 is 0 Å². The minimum Gasteiger partial charge on any atom is -0.121 e. The van der Waals surface area contributed by atoms with Crippen LogP contribution in [0.4, 0.5) is 0 Å². The molecule has 0 unspecified atom stereocenters. The average Bonchev–Trinajstić information content (AvgIpc) is 2.45. The van der Waals surface area contributed by atoms with E-state index in [0.717, 1.165) is 12.2 Å². The lowest BCUT2D eigenvalue weighted by Gasteiger charge is -2.07. The third-order valence-corrected chi connectivity index (χ3v) is 3.97. The van der Waals surface area contributed by atoms with Crippen molar-refractivity contribution in [2.75, 3.05) is 0 Å². The molecule has 18 heavy (non-hydrogen) atoms. The molecule has 0 aromatic heterocycles. The SMILES string of the molecule is C/C=C/Cc1ccccc1SCc1ccccc1. The van der Waals surface area contributed by atoms with E-state index in [4.69, 9.17) is 0 Å². The Labute approximate surface area is 114 Å². The van der Waals surface area contributed by atoms with E-state index in [2.05, 4.69) is 73.7 Å². The fourth-order valence-corrected chi connectivity index (χ4v) is 2.82. The molecule has 0 bridgehead atoms. The Bertz CT molecular complexity index is 500. The molecule has 0 saturated heterocycles. The van der Waals surface area contributed by atoms with Crippen LogP contribution in [0, 0.1) is 0 Å². The maximum absolute atomic E-state index is 2.22. The Hall–Kier alpha value is -1.47. The first-order valence-corrected chi connectivity index (χ1v) is 7.24. The van der Waals surface area contributed by atoms with Gasteiger partial charge < -0.3 is 0 Å². The van der Waals surface area contributed by atoms with Crippen molar-refractivity contribution in [3.63, 3.8) is 0 Å². The van der Waals surface area contributed by atoms with Gasteiger partial charge in [0.2, 0.25) is 0 Å². The predicted molar refractivity (Wildman–Crippen MR) is 81.0 cm³/mol. The summed E-state index contributed by atoms with van der Waals surface area (Å²) >= 11 is 1.92. The van der Waals surface area contributed by atoms with Gasteiger partial charge in [-0.2, -0.15) is 0 Å². The molecule has 0 saturated carbocycles.